The molecule has 2 rings (SSSR count). The van der Waals surface area contributed by atoms with Crippen molar-refractivity contribution >= 4 is 0 Å². The lowest BCUT2D eigenvalue weighted by atomic mass is 10.0. The van der Waals surface area contributed by atoms with E-state index >= 15 is 0 Å². The molecule has 0 fully saturated rings. The van der Waals surface area contributed by atoms with E-state index in [-0.39, 0.29) is 12.1 Å². The van der Waals surface area contributed by atoms with Crippen molar-refractivity contribution in [2.45, 2.75) is 45.8 Å². The number of aryl methyl sites for hydroxylation is 2. The fourth-order valence-electron chi connectivity index (χ4n) is 2.75. The maximum Gasteiger partial charge on any atom is 0.122 e. The molecule has 2 N–H and O–H groups in total. The molecule has 1 heterocycles. The van der Waals surface area contributed by atoms with E-state index in [1.54, 1.807) is 0 Å². The summed E-state index contributed by atoms with van der Waals surface area (Å²) < 4.78 is 5.84. The van der Waals surface area contributed by atoms with E-state index < -0.39 is 0 Å². The summed E-state index contributed by atoms with van der Waals surface area (Å²) in [6, 6.07) is 12.7. The van der Waals surface area contributed by atoms with Crippen molar-refractivity contribution in [2.75, 3.05) is 7.05 Å². The van der Waals surface area contributed by atoms with Crippen LogP contribution >= 0.6 is 0 Å². The maximum atomic E-state index is 6.35. The summed E-state index contributed by atoms with van der Waals surface area (Å²) in [5, 5.41) is 0. The van der Waals surface area contributed by atoms with Gasteiger partial charge in [-0.2, -0.15) is 0 Å². The first-order chi connectivity index (χ1) is 10.0. The Morgan fingerprint density at radius 1 is 1.14 bits per heavy atom. The average molecular weight is 286 g/mol. The molecule has 0 bridgehead atoms. The molecule has 0 aliphatic carbocycles. The van der Waals surface area contributed by atoms with Gasteiger partial charge in [-0.05, 0) is 50.6 Å². The molecule has 0 amide bonds. The molecule has 2 aromatic rings. The summed E-state index contributed by atoms with van der Waals surface area (Å²) in [5.41, 5.74) is 8.99. The van der Waals surface area contributed by atoms with Crippen LogP contribution in [0.1, 0.15) is 42.0 Å². The first kappa shape index (κ1) is 15.8. The van der Waals surface area contributed by atoms with E-state index in [1.165, 1.54) is 11.1 Å². The smallest absolute Gasteiger partial charge is 0.122 e. The molecule has 2 atom stereocenters. The first-order valence-electron chi connectivity index (χ1n) is 7.59. The Bertz CT molecular complexity index is 576. The van der Waals surface area contributed by atoms with Gasteiger partial charge in [-0.25, -0.2) is 0 Å². The zero-order chi connectivity index (χ0) is 15.4. The summed E-state index contributed by atoms with van der Waals surface area (Å²) in [6.07, 6.45) is 0.919. The largest absolute Gasteiger partial charge is 0.465 e. The van der Waals surface area contributed by atoms with Gasteiger partial charge in [-0.15, -0.1) is 0 Å². The Morgan fingerprint density at radius 3 is 2.43 bits per heavy atom. The molecular formula is C18H26N2O. The Morgan fingerprint density at radius 2 is 1.86 bits per heavy atom. The van der Waals surface area contributed by atoms with Gasteiger partial charge >= 0.3 is 0 Å². The second kappa shape index (κ2) is 6.92. The highest BCUT2D eigenvalue weighted by Gasteiger charge is 2.26. The highest BCUT2D eigenvalue weighted by Crippen LogP contribution is 2.27. The van der Waals surface area contributed by atoms with E-state index in [9.17, 15) is 0 Å². The Hall–Kier alpha value is -1.58. The van der Waals surface area contributed by atoms with E-state index in [1.807, 2.05) is 19.1 Å². The standard InChI is InChI=1S/C18H26N2O/c1-5-16(19)18(17-11-10-14(3)21-17)20(4)12-15-9-7-6-8-13(15)2/h6-11,16,18H,5,12,19H2,1-4H3. The van der Waals surface area contributed by atoms with Crippen molar-refractivity contribution in [3.8, 4) is 0 Å². The summed E-state index contributed by atoms with van der Waals surface area (Å²) in [5.74, 6) is 1.89. The van der Waals surface area contributed by atoms with Gasteiger partial charge in [0.05, 0.1) is 6.04 Å². The zero-order valence-electron chi connectivity index (χ0n) is 13.5. The SMILES string of the molecule is CCC(N)C(c1ccc(C)o1)N(C)Cc1ccccc1C. The summed E-state index contributed by atoms with van der Waals surface area (Å²) in [4.78, 5) is 2.29. The van der Waals surface area contributed by atoms with Gasteiger partial charge in [0.25, 0.3) is 0 Å². The van der Waals surface area contributed by atoms with Gasteiger partial charge in [0.15, 0.2) is 0 Å². The number of hydrogen-bond acceptors (Lipinski definition) is 3. The van der Waals surface area contributed by atoms with Crippen LogP contribution in [0.15, 0.2) is 40.8 Å². The van der Waals surface area contributed by atoms with Gasteiger partial charge in [0, 0.05) is 12.6 Å². The van der Waals surface area contributed by atoms with Gasteiger partial charge in [-0.3, -0.25) is 4.90 Å². The van der Waals surface area contributed by atoms with Crippen molar-refractivity contribution in [1.29, 1.82) is 0 Å². The number of likely N-dealkylation sites (N-methyl/N-ethyl adjacent to an activating group) is 1. The van der Waals surface area contributed by atoms with Crippen LogP contribution in [0, 0.1) is 13.8 Å². The van der Waals surface area contributed by atoms with Crippen LogP contribution < -0.4 is 5.73 Å². The van der Waals surface area contributed by atoms with Crippen molar-refractivity contribution in [2.24, 2.45) is 5.73 Å². The van der Waals surface area contributed by atoms with Crippen LogP contribution in [0.2, 0.25) is 0 Å². The molecule has 0 aliphatic rings. The molecule has 1 aromatic heterocycles. The lowest BCUT2D eigenvalue weighted by molar-refractivity contribution is 0.174. The summed E-state index contributed by atoms with van der Waals surface area (Å²) in [6.45, 7) is 7.11. The van der Waals surface area contributed by atoms with E-state index in [0.717, 1.165) is 24.5 Å². The van der Waals surface area contributed by atoms with Crippen LogP contribution in [-0.4, -0.2) is 18.0 Å². The minimum Gasteiger partial charge on any atom is -0.465 e. The third kappa shape index (κ3) is 3.74. The van der Waals surface area contributed by atoms with E-state index in [4.69, 9.17) is 10.2 Å². The molecule has 0 saturated carbocycles. The molecule has 0 saturated heterocycles. The molecule has 0 radical (unpaired) electrons. The lowest BCUT2D eigenvalue weighted by Crippen LogP contribution is -2.38. The summed E-state index contributed by atoms with van der Waals surface area (Å²) >= 11 is 0. The highest BCUT2D eigenvalue weighted by atomic mass is 16.3. The van der Waals surface area contributed by atoms with Gasteiger partial charge in [-0.1, -0.05) is 31.2 Å². The normalized spacial score (nSPS) is 14.4. The average Bonchev–Trinajstić information content (AvgIpc) is 2.87. The Labute approximate surface area is 127 Å². The molecule has 0 spiro atoms. The van der Waals surface area contributed by atoms with Crippen LogP contribution in [0.3, 0.4) is 0 Å². The van der Waals surface area contributed by atoms with Crippen molar-refractivity contribution in [1.82, 2.24) is 4.90 Å². The molecule has 114 valence electrons. The van der Waals surface area contributed by atoms with Crippen molar-refractivity contribution in [3.05, 3.63) is 59.0 Å². The van der Waals surface area contributed by atoms with E-state index in [0.29, 0.717) is 0 Å². The van der Waals surface area contributed by atoms with Gasteiger partial charge in [0.2, 0.25) is 0 Å². The molecule has 21 heavy (non-hydrogen) atoms. The molecular weight excluding hydrogens is 260 g/mol. The number of nitrogens with zero attached hydrogens (tertiary/aromatic N) is 1. The minimum atomic E-state index is 0.0598. The maximum absolute atomic E-state index is 6.35. The predicted molar refractivity (Wildman–Crippen MR) is 87.1 cm³/mol. The molecule has 3 heteroatoms. The third-order valence-corrected chi connectivity index (χ3v) is 4.09. The topological polar surface area (TPSA) is 42.4 Å². The van der Waals surface area contributed by atoms with Crippen LogP contribution in [0.4, 0.5) is 0 Å². The number of hydrogen-bond donors (Lipinski definition) is 1. The van der Waals surface area contributed by atoms with Gasteiger partial charge in [0.1, 0.15) is 11.5 Å². The fraction of sp³-hybridized carbons (Fsp3) is 0.444. The van der Waals surface area contributed by atoms with Crippen molar-refractivity contribution < 1.29 is 4.42 Å². The molecule has 3 nitrogen and oxygen atoms in total. The van der Waals surface area contributed by atoms with Gasteiger partial charge < -0.3 is 10.2 Å². The van der Waals surface area contributed by atoms with Crippen LogP contribution in [0.5, 0.6) is 0 Å². The molecule has 2 unspecified atom stereocenters. The quantitative estimate of drug-likeness (QED) is 0.878. The monoisotopic (exact) mass is 286 g/mol. The second-order valence-electron chi connectivity index (χ2n) is 5.81. The number of nitrogens with two attached hydrogens (primary N) is 1. The molecule has 1 aromatic carbocycles. The van der Waals surface area contributed by atoms with Crippen LogP contribution in [0.25, 0.3) is 0 Å². The van der Waals surface area contributed by atoms with Crippen molar-refractivity contribution in [3.63, 3.8) is 0 Å². The molecule has 0 aliphatic heterocycles. The van der Waals surface area contributed by atoms with Crippen LogP contribution in [-0.2, 0) is 6.54 Å². The predicted octanol–water partition coefficient (Wildman–Crippen LogP) is 3.81. The Balaban J connectivity index is 2.22. The highest BCUT2D eigenvalue weighted by molar-refractivity contribution is 5.25. The Kier molecular flexibility index (Phi) is 5.21. The second-order valence-corrected chi connectivity index (χ2v) is 5.81. The first-order valence-corrected chi connectivity index (χ1v) is 7.59. The van der Waals surface area contributed by atoms with E-state index in [2.05, 4.69) is 50.1 Å². The minimum absolute atomic E-state index is 0.0598. The number of rotatable bonds is 6. The fourth-order valence-corrected chi connectivity index (χ4v) is 2.75. The zero-order valence-corrected chi connectivity index (χ0v) is 13.5. The summed E-state index contributed by atoms with van der Waals surface area (Å²) in [7, 11) is 2.12. The lowest BCUT2D eigenvalue weighted by Gasteiger charge is -2.31. The third-order valence-electron chi connectivity index (χ3n) is 4.09. The number of benzene rings is 1. The number of furan rings is 1.